The van der Waals surface area contributed by atoms with E-state index in [1.165, 1.54) is 55.3 Å². The fraction of sp³-hybridized carbons (Fsp3) is 0.273. The van der Waals surface area contributed by atoms with Crippen molar-refractivity contribution in [3.63, 3.8) is 0 Å². The maximum absolute atomic E-state index is 2.43. The van der Waals surface area contributed by atoms with Crippen LogP contribution in [0, 0.1) is 6.92 Å². The number of rotatable bonds is 2. The average Bonchev–Trinajstić information content (AvgIpc) is 3.12. The molecule has 172 valence electrons. The highest BCUT2D eigenvalue weighted by atomic mass is 15.0. The lowest BCUT2D eigenvalue weighted by molar-refractivity contribution is 0.569. The van der Waals surface area contributed by atoms with Crippen molar-refractivity contribution >= 4 is 21.8 Å². The van der Waals surface area contributed by atoms with Crippen LogP contribution in [0.15, 0.2) is 84.9 Å². The molecular formula is C33H35N. The van der Waals surface area contributed by atoms with Gasteiger partial charge in [0.25, 0.3) is 0 Å². The largest absolute Gasteiger partial charge is 0.309 e. The first-order valence-corrected chi connectivity index (χ1v) is 12.3. The fourth-order valence-electron chi connectivity index (χ4n) is 5.01. The van der Waals surface area contributed by atoms with Gasteiger partial charge in [-0.05, 0) is 63.8 Å². The lowest BCUT2D eigenvalue weighted by atomic mass is 9.78. The first-order valence-electron chi connectivity index (χ1n) is 12.3. The summed E-state index contributed by atoms with van der Waals surface area (Å²) in [5.41, 5.74) is 10.6. The van der Waals surface area contributed by atoms with Gasteiger partial charge in [-0.15, -0.1) is 0 Å². The number of hydrogen-bond acceptors (Lipinski definition) is 0. The third-order valence-corrected chi connectivity index (χ3v) is 7.10. The molecule has 34 heavy (non-hydrogen) atoms. The highest BCUT2D eigenvalue weighted by Gasteiger charge is 2.22. The Kier molecular flexibility index (Phi) is 5.20. The Morgan fingerprint density at radius 2 is 1.06 bits per heavy atom. The number of nitrogens with zero attached hydrogens (tertiary/aromatic N) is 1. The monoisotopic (exact) mass is 445 g/mol. The van der Waals surface area contributed by atoms with E-state index in [0.29, 0.717) is 0 Å². The van der Waals surface area contributed by atoms with Crippen LogP contribution in [-0.4, -0.2) is 4.57 Å². The molecule has 5 aromatic rings. The molecule has 0 saturated heterocycles. The molecule has 4 aromatic carbocycles. The van der Waals surface area contributed by atoms with Crippen molar-refractivity contribution in [2.75, 3.05) is 0 Å². The molecule has 0 spiro atoms. The van der Waals surface area contributed by atoms with Crippen LogP contribution in [0.3, 0.4) is 0 Å². The maximum atomic E-state index is 2.43. The van der Waals surface area contributed by atoms with Crippen molar-refractivity contribution in [1.82, 2.24) is 4.57 Å². The van der Waals surface area contributed by atoms with Crippen molar-refractivity contribution in [1.29, 1.82) is 0 Å². The van der Waals surface area contributed by atoms with E-state index in [2.05, 4.69) is 138 Å². The Hall–Kier alpha value is -3.32. The number of hydrogen-bond donors (Lipinski definition) is 0. The Morgan fingerprint density at radius 1 is 0.559 bits per heavy atom. The Labute approximate surface area is 204 Å². The van der Waals surface area contributed by atoms with Crippen molar-refractivity contribution in [3.05, 3.63) is 102 Å². The Bertz CT molecular complexity index is 1430. The second kappa shape index (κ2) is 7.87. The zero-order valence-corrected chi connectivity index (χ0v) is 21.5. The van der Waals surface area contributed by atoms with Gasteiger partial charge in [0.05, 0.1) is 11.0 Å². The molecule has 0 radical (unpaired) electrons. The second-order valence-corrected chi connectivity index (χ2v) is 11.6. The summed E-state index contributed by atoms with van der Waals surface area (Å²) in [6.07, 6.45) is 0. The molecule has 0 amide bonds. The summed E-state index contributed by atoms with van der Waals surface area (Å²) in [5.74, 6) is 0. The summed E-state index contributed by atoms with van der Waals surface area (Å²) in [6, 6.07) is 31.4. The van der Waals surface area contributed by atoms with Crippen LogP contribution in [-0.2, 0) is 10.8 Å². The molecule has 0 atom stereocenters. The van der Waals surface area contributed by atoms with E-state index >= 15 is 0 Å². The third kappa shape index (κ3) is 3.74. The molecular weight excluding hydrogens is 410 g/mol. The molecule has 1 nitrogen and oxygen atoms in total. The Morgan fingerprint density at radius 3 is 1.56 bits per heavy atom. The summed E-state index contributed by atoms with van der Waals surface area (Å²) in [5, 5.41) is 2.60. The van der Waals surface area contributed by atoms with E-state index in [-0.39, 0.29) is 10.8 Å². The predicted molar refractivity (Wildman–Crippen MR) is 148 cm³/mol. The number of fused-ring (bicyclic) bond motifs is 3. The van der Waals surface area contributed by atoms with Crippen LogP contribution >= 0.6 is 0 Å². The molecule has 1 aromatic heterocycles. The molecule has 0 N–H and O–H groups in total. The summed E-state index contributed by atoms with van der Waals surface area (Å²) in [4.78, 5) is 0. The molecule has 5 rings (SSSR count). The average molecular weight is 446 g/mol. The fourth-order valence-corrected chi connectivity index (χ4v) is 5.01. The summed E-state index contributed by atoms with van der Waals surface area (Å²) in [6.45, 7) is 16.1. The van der Waals surface area contributed by atoms with E-state index < -0.39 is 0 Å². The lowest BCUT2D eigenvalue weighted by Gasteiger charge is -2.27. The third-order valence-electron chi connectivity index (χ3n) is 7.10. The molecule has 0 bridgehead atoms. The SMILES string of the molecule is Cc1c(-c2cc(C(C)(C)C)cc(C(C)(C)C)c2)cccc1-n1c2ccccc2c2ccccc21. The molecule has 0 aliphatic heterocycles. The van der Waals surface area contributed by atoms with E-state index in [1.807, 2.05) is 0 Å². The van der Waals surface area contributed by atoms with E-state index in [9.17, 15) is 0 Å². The summed E-state index contributed by atoms with van der Waals surface area (Å²) < 4.78 is 2.43. The van der Waals surface area contributed by atoms with Crippen molar-refractivity contribution in [3.8, 4) is 16.8 Å². The molecule has 0 unspecified atom stereocenters. The van der Waals surface area contributed by atoms with Crippen LogP contribution in [0.25, 0.3) is 38.6 Å². The first kappa shape index (κ1) is 22.5. The minimum absolute atomic E-state index is 0.0916. The van der Waals surface area contributed by atoms with Crippen molar-refractivity contribution in [2.45, 2.75) is 59.3 Å². The standard InChI is InChI=1S/C33H35N/c1-22-26(23-19-24(32(2,3)4)21-25(20-23)33(5,6)7)15-12-18-29(22)34-30-16-10-8-13-27(30)28-14-9-11-17-31(28)34/h8-21H,1-7H3. The zero-order valence-electron chi connectivity index (χ0n) is 21.5. The van der Waals surface area contributed by atoms with Gasteiger partial charge < -0.3 is 4.57 Å². The molecule has 1 heterocycles. The smallest absolute Gasteiger partial charge is 0.0541 e. The Balaban J connectivity index is 1.79. The van der Waals surface area contributed by atoms with Gasteiger partial charge in [-0.3, -0.25) is 0 Å². The topological polar surface area (TPSA) is 4.93 Å². The number of aromatic nitrogens is 1. The second-order valence-electron chi connectivity index (χ2n) is 11.6. The van der Waals surface area contributed by atoms with Gasteiger partial charge in [-0.1, -0.05) is 108 Å². The molecule has 0 aliphatic carbocycles. The van der Waals surface area contributed by atoms with Crippen molar-refractivity contribution in [2.24, 2.45) is 0 Å². The van der Waals surface area contributed by atoms with Crippen LogP contribution in [0.5, 0.6) is 0 Å². The van der Waals surface area contributed by atoms with E-state index in [1.54, 1.807) is 0 Å². The van der Waals surface area contributed by atoms with Gasteiger partial charge in [0.15, 0.2) is 0 Å². The minimum atomic E-state index is 0.0916. The minimum Gasteiger partial charge on any atom is -0.309 e. The van der Waals surface area contributed by atoms with Crippen molar-refractivity contribution < 1.29 is 0 Å². The van der Waals surface area contributed by atoms with Crippen LogP contribution in [0.2, 0.25) is 0 Å². The van der Waals surface area contributed by atoms with Gasteiger partial charge >= 0.3 is 0 Å². The van der Waals surface area contributed by atoms with Gasteiger partial charge in [0, 0.05) is 16.5 Å². The highest BCUT2D eigenvalue weighted by molar-refractivity contribution is 6.09. The van der Waals surface area contributed by atoms with E-state index in [4.69, 9.17) is 0 Å². The molecule has 0 aliphatic rings. The van der Waals surface area contributed by atoms with Crippen LogP contribution in [0.1, 0.15) is 58.2 Å². The molecule has 0 saturated carbocycles. The first-order chi connectivity index (χ1) is 16.1. The summed E-state index contributed by atoms with van der Waals surface area (Å²) >= 11 is 0. The van der Waals surface area contributed by atoms with Gasteiger partial charge in [0.2, 0.25) is 0 Å². The lowest BCUT2D eigenvalue weighted by Crippen LogP contribution is -2.16. The zero-order chi connectivity index (χ0) is 24.3. The summed E-state index contributed by atoms with van der Waals surface area (Å²) in [7, 11) is 0. The van der Waals surface area contributed by atoms with Gasteiger partial charge in [-0.25, -0.2) is 0 Å². The normalized spacial score (nSPS) is 12.6. The molecule has 0 fully saturated rings. The predicted octanol–water partition coefficient (Wildman–Crippen LogP) is 9.35. The highest BCUT2D eigenvalue weighted by Crippen LogP contribution is 2.38. The van der Waals surface area contributed by atoms with Crippen LogP contribution < -0.4 is 0 Å². The van der Waals surface area contributed by atoms with Crippen LogP contribution in [0.4, 0.5) is 0 Å². The number of para-hydroxylation sites is 2. The maximum Gasteiger partial charge on any atom is 0.0541 e. The molecule has 1 heteroatoms. The van der Waals surface area contributed by atoms with E-state index in [0.717, 1.165) is 0 Å². The number of benzene rings is 4. The van der Waals surface area contributed by atoms with Gasteiger partial charge in [-0.2, -0.15) is 0 Å². The van der Waals surface area contributed by atoms with Gasteiger partial charge in [0.1, 0.15) is 0 Å². The quantitative estimate of drug-likeness (QED) is 0.255.